The predicted molar refractivity (Wildman–Crippen MR) is 79.7 cm³/mol. The average molecular weight is 279 g/mol. The fourth-order valence-corrected chi connectivity index (χ4v) is 2.67. The summed E-state index contributed by atoms with van der Waals surface area (Å²) in [4.78, 5) is 14.6. The number of aromatic amines is 1. The molecule has 1 aliphatic rings. The lowest BCUT2D eigenvalue weighted by Gasteiger charge is -2.20. The first-order valence-corrected chi connectivity index (χ1v) is 7.36. The lowest BCUT2D eigenvalue weighted by atomic mass is 10.1. The van der Waals surface area contributed by atoms with Gasteiger partial charge in [0.25, 0.3) is 5.91 Å². The molecule has 1 saturated heterocycles. The molecule has 1 atom stereocenters. The van der Waals surface area contributed by atoms with Crippen LogP contribution < -0.4 is 11.1 Å². The van der Waals surface area contributed by atoms with Crippen LogP contribution in [0.5, 0.6) is 0 Å². The van der Waals surface area contributed by atoms with Crippen molar-refractivity contribution in [2.75, 3.05) is 25.4 Å². The number of nitrogens with two attached hydrogens (primary N) is 1. The molecule has 1 fully saturated rings. The molecule has 0 aromatic carbocycles. The van der Waals surface area contributed by atoms with Crippen LogP contribution in [0.4, 0.5) is 5.69 Å². The van der Waals surface area contributed by atoms with Gasteiger partial charge < -0.3 is 16.0 Å². The van der Waals surface area contributed by atoms with Crippen LogP contribution in [0, 0.1) is 0 Å². The average Bonchev–Trinajstić information content (AvgIpc) is 2.97. The van der Waals surface area contributed by atoms with E-state index in [4.69, 9.17) is 5.73 Å². The van der Waals surface area contributed by atoms with Crippen molar-refractivity contribution in [3.05, 3.63) is 11.4 Å². The number of nitrogens with one attached hydrogen (secondary N) is 2. The van der Waals surface area contributed by atoms with E-state index in [0.29, 0.717) is 11.4 Å². The number of likely N-dealkylation sites (tertiary alicyclic amines) is 1. The van der Waals surface area contributed by atoms with Gasteiger partial charge >= 0.3 is 0 Å². The van der Waals surface area contributed by atoms with Crippen LogP contribution in [0.1, 0.15) is 55.7 Å². The number of nitrogen functional groups attached to an aromatic ring is 1. The summed E-state index contributed by atoms with van der Waals surface area (Å²) in [5.41, 5.74) is 7.57. The molecule has 4 N–H and O–H groups in total. The Morgan fingerprint density at radius 2 is 2.05 bits per heavy atom. The quantitative estimate of drug-likeness (QED) is 0.759. The number of carbonyl (C=O) groups is 1. The highest BCUT2D eigenvalue weighted by Gasteiger charge is 2.21. The van der Waals surface area contributed by atoms with Crippen LogP contribution in [-0.2, 0) is 0 Å². The highest BCUT2D eigenvalue weighted by molar-refractivity contribution is 5.97. The van der Waals surface area contributed by atoms with E-state index >= 15 is 0 Å². The molecule has 1 amide bonds. The fourth-order valence-electron chi connectivity index (χ4n) is 2.67. The number of aromatic nitrogens is 2. The second-order valence-electron chi connectivity index (χ2n) is 5.94. The first-order chi connectivity index (χ1) is 9.49. The van der Waals surface area contributed by atoms with Gasteiger partial charge in [-0.05, 0) is 38.8 Å². The molecule has 0 aliphatic carbocycles. The minimum Gasteiger partial charge on any atom is -0.395 e. The number of nitrogens with zero attached hydrogens (tertiary/aromatic N) is 2. The van der Waals surface area contributed by atoms with Gasteiger partial charge in [-0.15, -0.1) is 0 Å². The van der Waals surface area contributed by atoms with E-state index in [2.05, 4.69) is 20.4 Å². The van der Waals surface area contributed by atoms with Crippen molar-refractivity contribution in [2.45, 2.75) is 45.6 Å². The Hall–Kier alpha value is -1.56. The van der Waals surface area contributed by atoms with Crippen LogP contribution in [0.3, 0.4) is 0 Å². The van der Waals surface area contributed by atoms with Crippen LogP contribution in [-0.4, -0.2) is 46.7 Å². The van der Waals surface area contributed by atoms with E-state index in [1.807, 2.05) is 20.8 Å². The zero-order chi connectivity index (χ0) is 14.7. The van der Waals surface area contributed by atoms with Crippen molar-refractivity contribution >= 4 is 11.6 Å². The molecule has 2 rings (SSSR count). The van der Waals surface area contributed by atoms with E-state index < -0.39 is 0 Å². The molecule has 1 aliphatic heterocycles. The first-order valence-electron chi connectivity index (χ1n) is 7.36. The molecule has 112 valence electrons. The monoisotopic (exact) mass is 279 g/mol. The molecule has 0 saturated carbocycles. The largest absolute Gasteiger partial charge is 0.395 e. The molecule has 0 spiro atoms. The summed E-state index contributed by atoms with van der Waals surface area (Å²) in [6.07, 6.45) is 2.51. The Kier molecular flexibility index (Phi) is 4.65. The third-order valence-corrected chi connectivity index (χ3v) is 3.73. The Bertz CT molecular complexity index is 462. The van der Waals surface area contributed by atoms with E-state index in [0.717, 1.165) is 25.3 Å². The molecule has 0 radical (unpaired) electrons. The molecular formula is C14H25N5O. The summed E-state index contributed by atoms with van der Waals surface area (Å²) in [6.45, 7) is 9.18. The highest BCUT2D eigenvalue weighted by Crippen LogP contribution is 2.21. The molecule has 6 nitrogen and oxygen atoms in total. The molecule has 1 unspecified atom stereocenters. The van der Waals surface area contributed by atoms with Crippen molar-refractivity contribution in [1.29, 1.82) is 0 Å². The minimum atomic E-state index is -0.197. The van der Waals surface area contributed by atoms with Crippen molar-refractivity contribution in [1.82, 2.24) is 20.4 Å². The Balaban J connectivity index is 1.93. The van der Waals surface area contributed by atoms with E-state index in [-0.39, 0.29) is 17.9 Å². The number of H-pyrrole nitrogens is 1. The van der Waals surface area contributed by atoms with Gasteiger partial charge in [-0.3, -0.25) is 9.89 Å². The Morgan fingerprint density at radius 1 is 1.40 bits per heavy atom. The van der Waals surface area contributed by atoms with Gasteiger partial charge in [0, 0.05) is 12.6 Å². The summed E-state index contributed by atoms with van der Waals surface area (Å²) in [5.74, 6) is 0.0309. The molecule has 2 heterocycles. The van der Waals surface area contributed by atoms with Crippen LogP contribution in [0.2, 0.25) is 0 Å². The Labute approximate surface area is 120 Å². The number of carbonyl (C=O) groups excluding carboxylic acids is 1. The van der Waals surface area contributed by atoms with Gasteiger partial charge in [-0.1, -0.05) is 13.8 Å². The van der Waals surface area contributed by atoms with E-state index in [1.165, 1.54) is 12.8 Å². The van der Waals surface area contributed by atoms with Gasteiger partial charge in [0.05, 0.1) is 11.4 Å². The number of rotatable bonds is 5. The molecule has 1 aromatic heterocycles. The number of amides is 1. The summed E-state index contributed by atoms with van der Waals surface area (Å²) in [6, 6.07) is 0.0965. The van der Waals surface area contributed by atoms with Crippen molar-refractivity contribution in [3.63, 3.8) is 0 Å². The number of hydrogen-bond donors (Lipinski definition) is 3. The van der Waals surface area contributed by atoms with Gasteiger partial charge in [0.15, 0.2) is 5.69 Å². The summed E-state index contributed by atoms with van der Waals surface area (Å²) < 4.78 is 0. The second kappa shape index (κ2) is 6.26. The number of anilines is 1. The maximum Gasteiger partial charge on any atom is 0.274 e. The van der Waals surface area contributed by atoms with E-state index in [1.54, 1.807) is 0 Å². The zero-order valence-electron chi connectivity index (χ0n) is 12.6. The standard InChI is InChI=1S/C14H25N5O/c1-9(2)12-11(15)13(18-17-12)14(20)16-10(3)8-19-6-4-5-7-19/h9-10H,4-8,15H2,1-3H3,(H,16,20)(H,17,18). The zero-order valence-corrected chi connectivity index (χ0v) is 12.6. The summed E-state index contributed by atoms with van der Waals surface area (Å²) in [5, 5.41) is 9.87. The molecule has 1 aromatic rings. The summed E-state index contributed by atoms with van der Waals surface area (Å²) >= 11 is 0. The maximum absolute atomic E-state index is 12.2. The smallest absolute Gasteiger partial charge is 0.274 e. The SMILES string of the molecule is CC(CN1CCCC1)NC(=O)c1n[nH]c(C(C)C)c1N. The summed E-state index contributed by atoms with van der Waals surface area (Å²) in [7, 11) is 0. The second-order valence-corrected chi connectivity index (χ2v) is 5.94. The predicted octanol–water partition coefficient (Wildman–Crippen LogP) is 1.33. The normalized spacial score (nSPS) is 17.6. The Morgan fingerprint density at radius 3 is 2.60 bits per heavy atom. The van der Waals surface area contributed by atoms with Crippen molar-refractivity contribution in [3.8, 4) is 0 Å². The van der Waals surface area contributed by atoms with Crippen LogP contribution in [0.25, 0.3) is 0 Å². The fraction of sp³-hybridized carbons (Fsp3) is 0.714. The molecule has 20 heavy (non-hydrogen) atoms. The molecular weight excluding hydrogens is 254 g/mol. The highest BCUT2D eigenvalue weighted by atomic mass is 16.2. The lowest BCUT2D eigenvalue weighted by molar-refractivity contribution is 0.0927. The van der Waals surface area contributed by atoms with Gasteiger partial charge in [-0.25, -0.2) is 0 Å². The third kappa shape index (κ3) is 3.30. The maximum atomic E-state index is 12.2. The molecule has 0 bridgehead atoms. The third-order valence-electron chi connectivity index (χ3n) is 3.73. The van der Waals surface area contributed by atoms with Gasteiger partial charge in [0.1, 0.15) is 0 Å². The van der Waals surface area contributed by atoms with Crippen LogP contribution in [0.15, 0.2) is 0 Å². The van der Waals surface area contributed by atoms with Crippen molar-refractivity contribution in [2.24, 2.45) is 0 Å². The van der Waals surface area contributed by atoms with Gasteiger partial charge in [-0.2, -0.15) is 5.10 Å². The van der Waals surface area contributed by atoms with Crippen molar-refractivity contribution < 1.29 is 4.79 Å². The van der Waals surface area contributed by atoms with E-state index in [9.17, 15) is 4.79 Å². The van der Waals surface area contributed by atoms with Gasteiger partial charge in [0.2, 0.25) is 0 Å². The topological polar surface area (TPSA) is 87.0 Å². The molecule has 6 heteroatoms. The lowest BCUT2D eigenvalue weighted by Crippen LogP contribution is -2.41. The first kappa shape index (κ1) is 14.8. The van der Waals surface area contributed by atoms with Crippen LogP contribution >= 0.6 is 0 Å². The number of hydrogen-bond acceptors (Lipinski definition) is 4. The minimum absolute atomic E-state index is 0.0965.